The van der Waals surface area contributed by atoms with E-state index in [0.29, 0.717) is 31.5 Å². The van der Waals surface area contributed by atoms with Crippen LogP contribution in [0.1, 0.15) is 33.6 Å². The highest BCUT2D eigenvalue weighted by molar-refractivity contribution is 5.96. The minimum absolute atomic E-state index is 0.0212. The molecule has 6 heteroatoms. The highest BCUT2D eigenvalue weighted by Crippen LogP contribution is 2.19. The zero-order chi connectivity index (χ0) is 15.4. The first kappa shape index (κ1) is 15.0. The maximum absolute atomic E-state index is 12.3. The van der Waals surface area contributed by atoms with E-state index in [-0.39, 0.29) is 23.3 Å². The zero-order valence-electron chi connectivity index (χ0n) is 11.8. The van der Waals surface area contributed by atoms with Crippen molar-refractivity contribution in [3.8, 4) is 0 Å². The molecule has 1 aliphatic heterocycles. The quantitative estimate of drug-likeness (QED) is 0.869. The number of carboxylic acid groups (broad SMARTS) is 1. The van der Waals surface area contributed by atoms with E-state index in [4.69, 9.17) is 5.11 Å². The number of amides is 2. The Hall–Kier alpha value is -2.37. The number of nitrogens with one attached hydrogen (secondary N) is 1. The molecular formula is C15H18N2O4. The summed E-state index contributed by atoms with van der Waals surface area (Å²) >= 11 is 0. The van der Waals surface area contributed by atoms with Crippen LogP contribution in [0.25, 0.3) is 0 Å². The van der Waals surface area contributed by atoms with Crippen LogP contribution in [-0.4, -0.2) is 47.9 Å². The van der Waals surface area contributed by atoms with Gasteiger partial charge >= 0.3 is 5.97 Å². The Bertz CT molecular complexity index is 545. The minimum atomic E-state index is -1.01. The molecule has 0 bridgehead atoms. The summed E-state index contributed by atoms with van der Waals surface area (Å²) in [5, 5.41) is 11.5. The number of carbonyl (C=O) groups excluding carboxylic acids is 2. The van der Waals surface area contributed by atoms with Crippen molar-refractivity contribution in [2.24, 2.45) is 5.92 Å². The van der Waals surface area contributed by atoms with Crippen LogP contribution in [0.5, 0.6) is 0 Å². The normalized spacial score (nSPS) is 15.6. The Morgan fingerprint density at radius 1 is 1.10 bits per heavy atom. The monoisotopic (exact) mass is 290 g/mol. The fourth-order valence-electron chi connectivity index (χ4n) is 2.49. The predicted octanol–water partition coefficient (Wildman–Crippen LogP) is 0.983. The summed E-state index contributed by atoms with van der Waals surface area (Å²) < 4.78 is 0. The van der Waals surface area contributed by atoms with Gasteiger partial charge < -0.3 is 15.3 Å². The van der Waals surface area contributed by atoms with E-state index in [2.05, 4.69) is 5.32 Å². The predicted molar refractivity (Wildman–Crippen MR) is 76.1 cm³/mol. The van der Waals surface area contributed by atoms with Gasteiger partial charge in [-0.2, -0.15) is 0 Å². The van der Waals surface area contributed by atoms with E-state index in [9.17, 15) is 14.4 Å². The van der Waals surface area contributed by atoms with Crippen LogP contribution in [0, 0.1) is 5.92 Å². The van der Waals surface area contributed by atoms with Crippen LogP contribution in [0.4, 0.5) is 0 Å². The largest absolute Gasteiger partial charge is 0.478 e. The van der Waals surface area contributed by atoms with Gasteiger partial charge in [0.1, 0.15) is 0 Å². The van der Waals surface area contributed by atoms with Crippen LogP contribution < -0.4 is 5.32 Å². The molecule has 0 unspecified atom stereocenters. The van der Waals surface area contributed by atoms with Gasteiger partial charge in [0.05, 0.1) is 5.56 Å². The Balaban J connectivity index is 1.98. The molecule has 0 saturated carbocycles. The molecule has 2 rings (SSSR count). The summed E-state index contributed by atoms with van der Waals surface area (Å²) in [4.78, 5) is 36.3. The zero-order valence-corrected chi connectivity index (χ0v) is 11.8. The smallest absolute Gasteiger partial charge is 0.335 e. The van der Waals surface area contributed by atoms with Gasteiger partial charge in [-0.05, 0) is 37.1 Å². The average Bonchev–Trinajstić information content (AvgIpc) is 2.53. The Morgan fingerprint density at radius 2 is 1.62 bits per heavy atom. The molecule has 1 aromatic carbocycles. The number of rotatable bonds is 3. The second-order valence-corrected chi connectivity index (χ2v) is 5.06. The summed E-state index contributed by atoms with van der Waals surface area (Å²) in [6.45, 7) is 1.08. The maximum atomic E-state index is 12.3. The van der Waals surface area contributed by atoms with Crippen LogP contribution >= 0.6 is 0 Å². The van der Waals surface area contributed by atoms with Crippen molar-refractivity contribution < 1.29 is 19.5 Å². The number of aromatic carboxylic acids is 1. The van der Waals surface area contributed by atoms with Gasteiger partial charge in [-0.1, -0.05) is 0 Å². The highest BCUT2D eigenvalue weighted by Gasteiger charge is 2.27. The van der Waals surface area contributed by atoms with Crippen LogP contribution in [0.2, 0.25) is 0 Å². The third kappa shape index (κ3) is 3.39. The van der Waals surface area contributed by atoms with Gasteiger partial charge in [0, 0.05) is 31.6 Å². The van der Waals surface area contributed by atoms with E-state index in [1.54, 1.807) is 11.9 Å². The number of likely N-dealkylation sites (tertiary alicyclic amines) is 1. The second-order valence-electron chi connectivity index (χ2n) is 5.06. The van der Waals surface area contributed by atoms with Crippen molar-refractivity contribution in [2.45, 2.75) is 12.8 Å². The van der Waals surface area contributed by atoms with Gasteiger partial charge in [0.15, 0.2) is 0 Å². The van der Waals surface area contributed by atoms with Crippen molar-refractivity contribution >= 4 is 17.8 Å². The molecule has 0 aromatic heterocycles. The Morgan fingerprint density at radius 3 is 2.10 bits per heavy atom. The summed E-state index contributed by atoms with van der Waals surface area (Å²) in [5.41, 5.74) is 0.628. The highest BCUT2D eigenvalue weighted by atomic mass is 16.4. The van der Waals surface area contributed by atoms with Crippen LogP contribution in [0.15, 0.2) is 24.3 Å². The number of carboxylic acids is 1. The van der Waals surface area contributed by atoms with E-state index < -0.39 is 5.97 Å². The third-order valence-electron chi connectivity index (χ3n) is 3.78. The Labute approximate surface area is 122 Å². The number of hydrogen-bond donors (Lipinski definition) is 2. The number of hydrogen-bond acceptors (Lipinski definition) is 3. The van der Waals surface area contributed by atoms with Crippen LogP contribution in [0.3, 0.4) is 0 Å². The molecule has 0 atom stereocenters. The first-order valence-corrected chi connectivity index (χ1v) is 6.87. The van der Waals surface area contributed by atoms with Crippen molar-refractivity contribution in [3.63, 3.8) is 0 Å². The summed E-state index contributed by atoms with van der Waals surface area (Å²) in [7, 11) is 1.61. The van der Waals surface area contributed by atoms with Gasteiger partial charge in [-0.15, -0.1) is 0 Å². The number of piperidine rings is 1. The fraction of sp³-hybridized carbons (Fsp3) is 0.400. The number of benzene rings is 1. The van der Waals surface area contributed by atoms with Crippen molar-refractivity contribution in [1.29, 1.82) is 0 Å². The molecule has 1 heterocycles. The van der Waals surface area contributed by atoms with Crippen LogP contribution in [-0.2, 0) is 4.79 Å². The van der Waals surface area contributed by atoms with Gasteiger partial charge in [0.2, 0.25) is 5.91 Å². The molecule has 0 radical (unpaired) electrons. The molecular weight excluding hydrogens is 272 g/mol. The van der Waals surface area contributed by atoms with Crippen molar-refractivity contribution in [2.75, 3.05) is 20.1 Å². The topological polar surface area (TPSA) is 86.7 Å². The SMILES string of the molecule is CNC(=O)C1CCN(C(=O)c2ccc(C(=O)O)cc2)CC1. The Kier molecular flexibility index (Phi) is 4.57. The standard InChI is InChI=1S/C15H18N2O4/c1-16-13(18)10-6-8-17(9-7-10)14(19)11-2-4-12(5-3-11)15(20)21/h2-5,10H,6-9H2,1H3,(H,16,18)(H,20,21). The number of carbonyl (C=O) groups is 3. The van der Waals surface area contributed by atoms with E-state index in [0.717, 1.165) is 0 Å². The minimum Gasteiger partial charge on any atom is -0.478 e. The fourth-order valence-corrected chi connectivity index (χ4v) is 2.49. The van der Waals surface area contributed by atoms with E-state index >= 15 is 0 Å². The molecule has 21 heavy (non-hydrogen) atoms. The average molecular weight is 290 g/mol. The molecule has 1 fully saturated rings. The molecule has 112 valence electrons. The lowest BCUT2D eigenvalue weighted by atomic mass is 9.95. The molecule has 1 aliphatic rings. The molecule has 2 amide bonds. The molecule has 1 aromatic rings. The maximum Gasteiger partial charge on any atom is 0.335 e. The first-order chi connectivity index (χ1) is 10.0. The molecule has 0 spiro atoms. The summed E-state index contributed by atoms with van der Waals surface area (Å²) in [6, 6.07) is 5.90. The van der Waals surface area contributed by atoms with Gasteiger partial charge in [-0.3, -0.25) is 9.59 Å². The summed E-state index contributed by atoms with van der Waals surface area (Å²) in [5.74, 6) is -1.15. The third-order valence-corrected chi connectivity index (χ3v) is 3.78. The van der Waals surface area contributed by atoms with E-state index in [1.807, 2.05) is 0 Å². The lowest BCUT2D eigenvalue weighted by molar-refractivity contribution is -0.125. The molecule has 1 saturated heterocycles. The summed E-state index contributed by atoms with van der Waals surface area (Å²) in [6.07, 6.45) is 1.30. The lowest BCUT2D eigenvalue weighted by Gasteiger charge is -2.31. The van der Waals surface area contributed by atoms with E-state index in [1.165, 1.54) is 24.3 Å². The molecule has 6 nitrogen and oxygen atoms in total. The van der Waals surface area contributed by atoms with Gasteiger partial charge in [0.25, 0.3) is 5.91 Å². The van der Waals surface area contributed by atoms with Crippen molar-refractivity contribution in [1.82, 2.24) is 10.2 Å². The van der Waals surface area contributed by atoms with Crippen molar-refractivity contribution in [3.05, 3.63) is 35.4 Å². The molecule has 2 N–H and O–H groups in total. The molecule has 0 aliphatic carbocycles. The second kappa shape index (κ2) is 6.39. The lowest BCUT2D eigenvalue weighted by Crippen LogP contribution is -2.42. The first-order valence-electron chi connectivity index (χ1n) is 6.87. The van der Waals surface area contributed by atoms with Gasteiger partial charge in [-0.25, -0.2) is 4.79 Å². The number of nitrogens with zero attached hydrogens (tertiary/aromatic N) is 1.